The molecule has 1 aliphatic rings. The number of amides is 5. The second-order valence-corrected chi connectivity index (χ2v) is 15.5. The van der Waals surface area contributed by atoms with Gasteiger partial charge in [0, 0.05) is 41.6 Å². The van der Waals surface area contributed by atoms with Gasteiger partial charge in [-0.1, -0.05) is 53.4 Å². The summed E-state index contributed by atoms with van der Waals surface area (Å²) in [5.74, 6) is -3.22. The minimum atomic E-state index is -1.27. The SMILES string of the molecule is NC(=O)C1(NC(=O)[C@@H](CCCC(=O)O)NC(=O)[C@@H](CCCCNC(=O)/C=C/c2cccnc2)NC(=O)Cc2ccc(Nc3nc4ccc(Br)cc4[nH]3)cc2)CCCCC1. The highest BCUT2D eigenvalue weighted by Gasteiger charge is 2.41. The zero-order chi connectivity index (χ0) is 42.2. The van der Waals surface area contributed by atoms with E-state index in [4.69, 9.17) is 5.73 Å². The van der Waals surface area contributed by atoms with Crippen molar-refractivity contribution in [2.45, 2.75) is 94.7 Å². The Bertz CT molecular complexity index is 2120. The molecular formula is C42H50BrN9O7. The molecule has 0 radical (unpaired) electrons. The Labute approximate surface area is 350 Å². The summed E-state index contributed by atoms with van der Waals surface area (Å²) < 4.78 is 0.922. The van der Waals surface area contributed by atoms with Gasteiger partial charge in [0.1, 0.15) is 17.6 Å². The molecular weight excluding hydrogens is 822 g/mol. The van der Waals surface area contributed by atoms with E-state index in [1.165, 1.54) is 6.08 Å². The first-order chi connectivity index (χ1) is 28.4. The second-order valence-electron chi connectivity index (χ2n) is 14.6. The van der Waals surface area contributed by atoms with Crippen molar-refractivity contribution in [2.75, 3.05) is 11.9 Å². The molecule has 2 atom stereocenters. The van der Waals surface area contributed by atoms with E-state index < -0.39 is 47.2 Å². The van der Waals surface area contributed by atoms with E-state index in [0.29, 0.717) is 56.6 Å². The molecule has 16 nitrogen and oxygen atoms in total. The number of hydrogen-bond acceptors (Lipinski definition) is 9. The number of imidazole rings is 1. The highest BCUT2D eigenvalue weighted by atomic mass is 79.9. The fourth-order valence-electron chi connectivity index (χ4n) is 6.88. The molecule has 0 spiro atoms. The quantitative estimate of drug-likeness (QED) is 0.0429. The first-order valence-corrected chi connectivity index (χ1v) is 20.5. The maximum absolute atomic E-state index is 13.9. The number of benzene rings is 2. The Kier molecular flexibility index (Phi) is 16.1. The standard InChI is InChI=1S/C42H50BrN9O7/c43-29-15-18-31-34(25-29)51-41(50-31)47-30-16-12-27(13-17-30)24-36(54)48-32(9-2-5-23-46-35(53)19-14-28-8-7-22-45-26-28)38(57)49-33(10-6-11-37(55)56)39(58)52-42(40(44)59)20-3-1-4-21-42/h7-8,12-19,22,25-26,32-33H,1-6,9-11,20-21,23-24H2,(H2,44,59)(H,46,53)(H,48,54)(H,49,57)(H,52,58)(H,55,56)(H2,47,50,51)/b19-14+/t32-,33-/m1/s1. The van der Waals surface area contributed by atoms with E-state index in [0.717, 1.165) is 33.2 Å². The summed E-state index contributed by atoms with van der Waals surface area (Å²) in [4.78, 5) is 89.1. The van der Waals surface area contributed by atoms with Crippen LogP contribution in [0, 0.1) is 0 Å². The number of carboxylic acid groups (broad SMARTS) is 1. The van der Waals surface area contributed by atoms with E-state index in [2.05, 4.69) is 57.5 Å². The number of pyridine rings is 1. The number of halogens is 1. The van der Waals surface area contributed by atoms with Gasteiger partial charge < -0.3 is 42.4 Å². The number of nitrogens with two attached hydrogens (primary N) is 1. The molecule has 0 saturated heterocycles. The number of unbranched alkanes of at least 4 members (excludes halogenated alkanes) is 1. The molecule has 1 fully saturated rings. The highest BCUT2D eigenvalue weighted by molar-refractivity contribution is 9.10. The molecule has 9 N–H and O–H groups in total. The summed E-state index contributed by atoms with van der Waals surface area (Å²) >= 11 is 3.46. The number of rotatable bonds is 21. The zero-order valence-electron chi connectivity index (χ0n) is 32.6. The Morgan fingerprint density at radius 2 is 1.66 bits per heavy atom. The second kappa shape index (κ2) is 21.6. The minimum Gasteiger partial charge on any atom is -0.481 e. The van der Waals surface area contributed by atoms with Crippen LogP contribution in [0.2, 0.25) is 0 Å². The smallest absolute Gasteiger partial charge is 0.303 e. The Hall–Kier alpha value is -6.10. The number of fused-ring (bicyclic) bond motifs is 1. The first kappa shape index (κ1) is 44.0. The zero-order valence-corrected chi connectivity index (χ0v) is 34.2. The molecule has 59 heavy (non-hydrogen) atoms. The number of nitrogens with one attached hydrogen (secondary N) is 6. The molecule has 5 rings (SSSR count). The van der Waals surface area contributed by atoms with Crippen LogP contribution in [0.1, 0.15) is 81.8 Å². The lowest BCUT2D eigenvalue weighted by Crippen LogP contribution is -2.62. The average Bonchev–Trinajstić information content (AvgIpc) is 3.61. The third kappa shape index (κ3) is 13.8. The van der Waals surface area contributed by atoms with Gasteiger partial charge in [-0.05, 0) is 98.5 Å². The maximum Gasteiger partial charge on any atom is 0.303 e. The van der Waals surface area contributed by atoms with Crippen LogP contribution in [0.5, 0.6) is 0 Å². The number of aromatic amines is 1. The number of carbonyl (C=O) groups excluding carboxylic acids is 5. The number of primary amides is 1. The number of aromatic nitrogens is 3. The predicted octanol–water partition coefficient (Wildman–Crippen LogP) is 4.54. The molecule has 4 aromatic rings. The molecule has 0 bridgehead atoms. The van der Waals surface area contributed by atoms with Gasteiger partial charge in [0.2, 0.25) is 35.5 Å². The molecule has 2 aromatic carbocycles. The van der Waals surface area contributed by atoms with Gasteiger partial charge in [-0.2, -0.15) is 0 Å². The van der Waals surface area contributed by atoms with Crippen LogP contribution < -0.4 is 32.3 Å². The molecule has 2 aromatic heterocycles. The highest BCUT2D eigenvalue weighted by Crippen LogP contribution is 2.28. The van der Waals surface area contributed by atoms with Crippen LogP contribution >= 0.6 is 15.9 Å². The molecule has 0 aliphatic heterocycles. The number of carbonyl (C=O) groups is 6. The van der Waals surface area contributed by atoms with E-state index >= 15 is 0 Å². The van der Waals surface area contributed by atoms with Crippen molar-refractivity contribution >= 4 is 80.2 Å². The van der Waals surface area contributed by atoms with Crippen molar-refractivity contribution in [1.82, 2.24) is 36.2 Å². The van der Waals surface area contributed by atoms with Crippen molar-refractivity contribution in [3.8, 4) is 0 Å². The van der Waals surface area contributed by atoms with Crippen LogP contribution in [0.3, 0.4) is 0 Å². The lowest BCUT2D eigenvalue weighted by molar-refractivity contribution is -0.138. The molecule has 1 aliphatic carbocycles. The molecule has 0 unspecified atom stereocenters. The first-order valence-electron chi connectivity index (χ1n) is 19.7. The van der Waals surface area contributed by atoms with Gasteiger partial charge in [-0.25, -0.2) is 4.98 Å². The summed E-state index contributed by atoms with van der Waals surface area (Å²) in [6.45, 7) is 0.305. The number of aliphatic carboxylic acids is 1. The fraction of sp³-hybridized carbons (Fsp3) is 0.381. The van der Waals surface area contributed by atoms with Crippen molar-refractivity contribution in [3.05, 3.63) is 88.7 Å². The number of hydrogen-bond donors (Lipinski definition) is 8. The summed E-state index contributed by atoms with van der Waals surface area (Å²) in [6, 6.07) is 14.2. The van der Waals surface area contributed by atoms with Crippen LogP contribution in [0.15, 0.2) is 77.5 Å². The van der Waals surface area contributed by atoms with E-state index in [-0.39, 0.29) is 38.0 Å². The van der Waals surface area contributed by atoms with Crippen LogP contribution in [0.4, 0.5) is 11.6 Å². The van der Waals surface area contributed by atoms with Gasteiger partial charge in [0.15, 0.2) is 0 Å². The van der Waals surface area contributed by atoms with Crippen molar-refractivity contribution in [1.29, 1.82) is 0 Å². The number of carboxylic acids is 1. The maximum atomic E-state index is 13.9. The molecule has 2 heterocycles. The molecule has 5 amide bonds. The summed E-state index contributed by atoms with van der Waals surface area (Å²) in [5.41, 5.74) is 8.33. The van der Waals surface area contributed by atoms with Gasteiger partial charge in [0.25, 0.3) is 0 Å². The molecule has 1 saturated carbocycles. The van der Waals surface area contributed by atoms with Crippen molar-refractivity contribution in [3.63, 3.8) is 0 Å². The monoisotopic (exact) mass is 871 g/mol. The van der Waals surface area contributed by atoms with E-state index in [9.17, 15) is 33.9 Å². The van der Waals surface area contributed by atoms with E-state index in [1.807, 2.05) is 36.4 Å². The van der Waals surface area contributed by atoms with Gasteiger partial charge >= 0.3 is 5.97 Å². The lowest BCUT2D eigenvalue weighted by Gasteiger charge is -2.36. The fourth-order valence-corrected chi connectivity index (χ4v) is 7.24. The third-order valence-electron chi connectivity index (χ3n) is 10.1. The van der Waals surface area contributed by atoms with Gasteiger partial charge in [-0.3, -0.25) is 33.8 Å². The van der Waals surface area contributed by atoms with Crippen LogP contribution in [-0.4, -0.2) is 79.7 Å². The minimum absolute atomic E-state index is 0.0239. The largest absolute Gasteiger partial charge is 0.481 e. The van der Waals surface area contributed by atoms with Gasteiger partial charge in [0.05, 0.1) is 17.5 Å². The normalized spacial score (nSPS) is 14.5. The third-order valence-corrected chi connectivity index (χ3v) is 10.6. The molecule has 312 valence electrons. The van der Waals surface area contributed by atoms with Gasteiger partial charge in [-0.15, -0.1) is 0 Å². The predicted molar refractivity (Wildman–Crippen MR) is 226 cm³/mol. The lowest BCUT2D eigenvalue weighted by atomic mass is 9.80. The summed E-state index contributed by atoms with van der Waals surface area (Å²) in [7, 11) is 0. The Morgan fingerprint density at radius 3 is 2.37 bits per heavy atom. The number of nitrogens with zero attached hydrogens (tertiary/aromatic N) is 2. The summed E-state index contributed by atoms with van der Waals surface area (Å²) in [6.07, 6.45) is 10.1. The Balaban J connectivity index is 1.23. The van der Waals surface area contributed by atoms with Crippen molar-refractivity contribution < 1.29 is 33.9 Å². The number of H-pyrrole nitrogens is 1. The van der Waals surface area contributed by atoms with Crippen LogP contribution in [0.25, 0.3) is 17.1 Å². The molecule has 17 heteroatoms. The van der Waals surface area contributed by atoms with Crippen molar-refractivity contribution in [2.24, 2.45) is 5.73 Å². The average molecular weight is 873 g/mol. The van der Waals surface area contributed by atoms with Crippen LogP contribution in [-0.2, 0) is 35.2 Å². The Morgan fingerprint density at radius 1 is 0.915 bits per heavy atom. The van der Waals surface area contributed by atoms with E-state index in [1.54, 1.807) is 36.7 Å². The number of anilines is 2. The summed E-state index contributed by atoms with van der Waals surface area (Å²) in [5, 5.41) is 23.6. The topological polar surface area (TPSA) is 250 Å².